The van der Waals surface area contributed by atoms with Crippen molar-refractivity contribution in [2.24, 2.45) is 4.99 Å². The van der Waals surface area contributed by atoms with Gasteiger partial charge in [-0.1, -0.05) is 19.4 Å². The molecule has 0 saturated carbocycles. The summed E-state index contributed by atoms with van der Waals surface area (Å²) >= 11 is 0. The standard InChI is InChI=1S/C19H33N3O3/c1-4-6-13-24-15-11-21-19(20-5-2)22-17-9-7-10-18(16-17)25-14-8-12-23-3/h7,9-10,16H,4-6,8,11-15H2,1-3H3,(H2,20,21,22). The Morgan fingerprint density at radius 2 is 1.96 bits per heavy atom. The Kier molecular flexibility index (Phi) is 12.4. The lowest BCUT2D eigenvalue weighted by molar-refractivity contribution is 0.139. The summed E-state index contributed by atoms with van der Waals surface area (Å²) in [5, 5.41) is 6.54. The smallest absolute Gasteiger partial charge is 0.195 e. The Balaban J connectivity index is 2.47. The number of unbranched alkanes of at least 4 members (excludes halogenated alkanes) is 1. The van der Waals surface area contributed by atoms with Gasteiger partial charge in [-0.25, -0.2) is 0 Å². The molecule has 6 heteroatoms. The molecule has 1 aromatic rings. The first-order chi connectivity index (χ1) is 12.3. The minimum atomic E-state index is 0.631. The summed E-state index contributed by atoms with van der Waals surface area (Å²) in [6.45, 7) is 8.42. The van der Waals surface area contributed by atoms with Gasteiger partial charge in [0.05, 0.1) is 19.8 Å². The van der Waals surface area contributed by atoms with Gasteiger partial charge in [-0.05, 0) is 25.5 Å². The van der Waals surface area contributed by atoms with E-state index >= 15 is 0 Å². The third kappa shape index (κ3) is 10.6. The normalized spacial score (nSPS) is 11.4. The number of hydrogen-bond donors (Lipinski definition) is 2. The first kappa shape index (κ1) is 21.3. The van der Waals surface area contributed by atoms with Crippen molar-refractivity contribution in [3.63, 3.8) is 0 Å². The highest BCUT2D eigenvalue weighted by atomic mass is 16.5. The maximum atomic E-state index is 5.73. The highest BCUT2D eigenvalue weighted by molar-refractivity contribution is 5.93. The van der Waals surface area contributed by atoms with E-state index in [0.717, 1.165) is 49.8 Å². The molecule has 2 N–H and O–H groups in total. The second kappa shape index (κ2) is 14.5. The molecule has 0 aromatic heterocycles. The monoisotopic (exact) mass is 351 g/mol. The van der Waals surface area contributed by atoms with E-state index in [-0.39, 0.29) is 0 Å². The fourth-order valence-electron chi connectivity index (χ4n) is 2.07. The van der Waals surface area contributed by atoms with E-state index in [4.69, 9.17) is 14.2 Å². The Bertz CT molecular complexity index is 481. The zero-order valence-corrected chi connectivity index (χ0v) is 15.8. The molecular weight excluding hydrogens is 318 g/mol. The number of nitrogens with zero attached hydrogens (tertiary/aromatic N) is 1. The van der Waals surface area contributed by atoms with E-state index in [0.29, 0.717) is 26.4 Å². The van der Waals surface area contributed by atoms with Crippen LogP contribution in [0.2, 0.25) is 0 Å². The first-order valence-corrected chi connectivity index (χ1v) is 9.15. The van der Waals surface area contributed by atoms with Gasteiger partial charge in [-0.3, -0.25) is 4.99 Å². The van der Waals surface area contributed by atoms with Crippen LogP contribution in [0.25, 0.3) is 0 Å². The van der Waals surface area contributed by atoms with E-state index in [1.54, 1.807) is 7.11 Å². The maximum Gasteiger partial charge on any atom is 0.195 e. The van der Waals surface area contributed by atoms with E-state index in [2.05, 4.69) is 22.5 Å². The molecule has 0 heterocycles. The molecule has 0 unspecified atom stereocenters. The number of rotatable bonds is 13. The van der Waals surface area contributed by atoms with Crippen molar-refractivity contribution in [2.75, 3.05) is 51.9 Å². The van der Waals surface area contributed by atoms with Gasteiger partial charge in [-0.15, -0.1) is 0 Å². The number of aliphatic imine (C=N–C) groups is 1. The van der Waals surface area contributed by atoms with Gasteiger partial charge >= 0.3 is 0 Å². The molecule has 0 aliphatic rings. The number of anilines is 1. The molecule has 0 aliphatic carbocycles. The fourth-order valence-corrected chi connectivity index (χ4v) is 2.07. The molecule has 6 nitrogen and oxygen atoms in total. The molecule has 1 rings (SSSR count). The number of ether oxygens (including phenoxy) is 3. The average molecular weight is 351 g/mol. The van der Waals surface area contributed by atoms with Gasteiger partial charge in [0, 0.05) is 45.0 Å². The van der Waals surface area contributed by atoms with Crippen LogP contribution < -0.4 is 15.4 Å². The van der Waals surface area contributed by atoms with Crippen molar-refractivity contribution in [3.8, 4) is 5.75 Å². The van der Waals surface area contributed by atoms with Crippen LogP contribution in [0.4, 0.5) is 5.69 Å². The topological polar surface area (TPSA) is 64.1 Å². The van der Waals surface area contributed by atoms with Crippen molar-refractivity contribution in [1.82, 2.24) is 5.32 Å². The van der Waals surface area contributed by atoms with E-state index in [1.807, 2.05) is 31.2 Å². The average Bonchev–Trinajstić information content (AvgIpc) is 2.62. The van der Waals surface area contributed by atoms with Crippen molar-refractivity contribution in [2.45, 2.75) is 33.1 Å². The second-order valence-electron chi connectivity index (χ2n) is 5.57. The number of methoxy groups -OCH3 is 1. The molecule has 0 bridgehead atoms. The summed E-state index contributed by atoms with van der Waals surface area (Å²) in [4.78, 5) is 4.53. The van der Waals surface area contributed by atoms with Gasteiger partial charge in [-0.2, -0.15) is 0 Å². The van der Waals surface area contributed by atoms with Crippen LogP contribution >= 0.6 is 0 Å². The SMILES string of the molecule is CCCCOCCN=C(NCC)Nc1cccc(OCCCOC)c1. The molecule has 0 amide bonds. The number of guanidine groups is 1. The van der Waals surface area contributed by atoms with Crippen LogP contribution in [-0.2, 0) is 9.47 Å². The molecule has 0 radical (unpaired) electrons. The Morgan fingerprint density at radius 1 is 1.08 bits per heavy atom. The number of benzene rings is 1. The van der Waals surface area contributed by atoms with E-state index in [9.17, 15) is 0 Å². The summed E-state index contributed by atoms with van der Waals surface area (Å²) in [7, 11) is 1.70. The molecule has 25 heavy (non-hydrogen) atoms. The minimum Gasteiger partial charge on any atom is -0.493 e. The summed E-state index contributed by atoms with van der Waals surface area (Å²) in [5.41, 5.74) is 0.941. The van der Waals surface area contributed by atoms with Gasteiger partial charge < -0.3 is 24.8 Å². The quantitative estimate of drug-likeness (QED) is 0.324. The zero-order valence-electron chi connectivity index (χ0n) is 15.8. The highest BCUT2D eigenvalue weighted by Gasteiger charge is 2.01. The van der Waals surface area contributed by atoms with E-state index < -0.39 is 0 Å². The first-order valence-electron chi connectivity index (χ1n) is 9.15. The molecule has 142 valence electrons. The zero-order chi connectivity index (χ0) is 18.2. The van der Waals surface area contributed by atoms with Crippen molar-refractivity contribution >= 4 is 11.6 Å². The van der Waals surface area contributed by atoms with Crippen molar-refractivity contribution in [1.29, 1.82) is 0 Å². The van der Waals surface area contributed by atoms with Crippen molar-refractivity contribution in [3.05, 3.63) is 24.3 Å². The van der Waals surface area contributed by atoms with Crippen LogP contribution in [0, 0.1) is 0 Å². The minimum absolute atomic E-state index is 0.631. The summed E-state index contributed by atoms with van der Waals surface area (Å²) in [6, 6.07) is 7.87. The van der Waals surface area contributed by atoms with Crippen LogP contribution in [0.15, 0.2) is 29.3 Å². The molecular formula is C19H33N3O3. The summed E-state index contributed by atoms with van der Waals surface area (Å²) < 4.78 is 16.3. The molecule has 0 fully saturated rings. The Labute approximate surface area is 152 Å². The highest BCUT2D eigenvalue weighted by Crippen LogP contribution is 2.17. The third-order valence-electron chi connectivity index (χ3n) is 3.35. The maximum absolute atomic E-state index is 5.73. The lowest BCUT2D eigenvalue weighted by Gasteiger charge is -2.13. The molecule has 0 spiro atoms. The fraction of sp³-hybridized carbons (Fsp3) is 0.632. The van der Waals surface area contributed by atoms with Crippen LogP contribution in [0.5, 0.6) is 5.75 Å². The largest absolute Gasteiger partial charge is 0.493 e. The van der Waals surface area contributed by atoms with E-state index in [1.165, 1.54) is 0 Å². The molecule has 0 saturated heterocycles. The van der Waals surface area contributed by atoms with Gasteiger partial charge in [0.1, 0.15) is 5.75 Å². The second-order valence-corrected chi connectivity index (χ2v) is 5.57. The Morgan fingerprint density at radius 3 is 2.72 bits per heavy atom. The van der Waals surface area contributed by atoms with Crippen molar-refractivity contribution < 1.29 is 14.2 Å². The Hall–Kier alpha value is -1.79. The molecule has 1 aromatic carbocycles. The molecule has 0 aliphatic heterocycles. The summed E-state index contributed by atoms with van der Waals surface area (Å²) in [5.74, 6) is 1.58. The van der Waals surface area contributed by atoms with Crippen LogP contribution in [0.1, 0.15) is 33.1 Å². The van der Waals surface area contributed by atoms with Gasteiger partial charge in [0.2, 0.25) is 0 Å². The van der Waals surface area contributed by atoms with Gasteiger partial charge in [0.15, 0.2) is 5.96 Å². The lowest BCUT2D eigenvalue weighted by atomic mass is 10.3. The number of hydrogen-bond acceptors (Lipinski definition) is 4. The van der Waals surface area contributed by atoms with Gasteiger partial charge in [0.25, 0.3) is 0 Å². The summed E-state index contributed by atoms with van der Waals surface area (Å²) in [6.07, 6.45) is 3.12. The predicted octanol–water partition coefficient (Wildman–Crippen LogP) is 3.30. The van der Waals surface area contributed by atoms with Crippen LogP contribution in [-0.4, -0.2) is 52.6 Å². The van der Waals surface area contributed by atoms with Crippen LogP contribution in [0.3, 0.4) is 0 Å². The lowest BCUT2D eigenvalue weighted by Crippen LogP contribution is -2.31. The number of nitrogens with one attached hydrogen (secondary N) is 2. The third-order valence-corrected chi connectivity index (χ3v) is 3.35. The predicted molar refractivity (Wildman–Crippen MR) is 104 cm³/mol. The molecule has 0 atom stereocenters.